The van der Waals surface area contributed by atoms with Crippen LogP contribution in [0.4, 0.5) is 0 Å². The van der Waals surface area contributed by atoms with E-state index in [1.54, 1.807) is 25.1 Å². The van der Waals surface area contributed by atoms with Crippen LogP contribution in [0.15, 0.2) is 327 Å². The Hall–Kier alpha value is -10.1. The molecular weight excluding hydrogens is 1410 g/mol. The van der Waals surface area contributed by atoms with E-state index in [2.05, 4.69) is 327 Å². The summed E-state index contributed by atoms with van der Waals surface area (Å²) in [6, 6.07) is 79.5. The second kappa shape index (κ2) is 48.5. The number of hydrogen-bond donors (Lipinski definition) is 0. The maximum Gasteiger partial charge on any atom is 0.0632 e. The molecule has 0 aliphatic carbocycles. The maximum atomic E-state index is 8.52. The molecule has 13 aromatic carbocycles. The van der Waals surface area contributed by atoms with Crippen LogP contribution in [0, 0.1) is 13.8 Å². The van der Waals surface area contributed by atoms with Crippen molar-refractivity contribution < 1.29 is 20.6 Å². The van der Waals surface area contributed by atoms with E-state index >= 15 is 0 Å². The van der Waals surface area contributed by atoms with E-state index in [-0.39, 0.29) is 100 Å². The van der Waals surface area contributed by atoms with Gasteiger partial charge < -0.3 is 0 Å². The van der Waals surface area contributed by atoms with E-state index in [9.17, 15) is 0 Å². The van der Waals surface area contributed by atoms with Crippen molar-refractivity contribution in [3.63, 3.8) is 0 Å². The largest absolute Gasteiger partial charge is 0.0632 e. The van der Waals surface area contributed by atoms with Gasteiger partial charge >= 0.3 is 0 Å². The lowest BCUT2D eigenvalue weighted by atomic mass is 9.81. The van der Waals surface area contributed by atoms with Crippen molar-refractivity contribution in [3.05, 3.63) is 405 Å². The van der Waals surface area contributed by atoms with Crippen molar-refractivity contribution in [2.24, 2.45) is 0 Å². The molecule has 0 heterocycles. The minimum Gasteiger partial charge on any atom is -0.0622 e. The molecule has 0 saturated carbocycles. The third-order valence-electron chi connectivity index (χ3n) is 20.5. The first-order valence-electron chi connectivity index (χ1n) is 50.0. The normalized spacial score (nSPS) is 12.9. The Bertz CT molecular complexity index is 5630. The summed E-state index contributed by atoms with van der Waals surface area (Å²) in [5, 5.41) is 0. The summed E-state index contributed by atoms with van der Waals surface area (Å²) in [5.74, 6) is 4.31. The van der Waals surface area contributed by atoms with Gasteiger partial charge in [0.25, 0.3) is 0 Å². The highest BCUT2D eigenvalue weighted by atomic mass is 14.3. The summed E-state index contributed by atoms with van der Waals surface area (Å²) in [6.07, 6.45) is 0. The first-order chi connectivity index (χ1) is 61.9. The molecule has 0 heteroatoms. The smallest absolute Gasteiger partial charge is 0.0622 e. The fraction of sp³-hybridized carbons (Fsp3) is 0.333. The second-order valence-corrected chi connectivity index (χ2v) is 34.4. The Kier molecular flexibility index (Phi) is 30.9. The number of benzene rings is 13. The molecule has 0 aromatic heterocycles. The van der Waals surface area contributed by atoms with Gasteiger partial charge in [0.1, 0.15) is 0 Å². The molecule has 614 valence electrons. The van der Waals surface area contributed by atoms with E-state index in [0.717, 1.165) is 11.1 Å². The lowest BCUT2D eigenvalue weighted by Crippen LogP contribution is -2.14. The molecule has 0 unspecified atom stereocenters. The van der Waals surface area contributed by atoms with Gasteiger partial charge in [-0.25, -0.2) is 0 Å². The Labute approximate surface area is 734 Å². The zero-order valence-electron chi connectivity index (χ0n) is 90.9. The quantitative estimate of drug-likeness (QED) is 0.0904. The molecule has 0 bridgehead atoms. The molecule has 0 amide bonds. The summed E-state index contributed by atoms with van der Waals surface area (Å²) in [5.41, 5.74) is 25.3. The van der Waals surface area contributed by atoms with Crippen LogP contribution in [0.5, 0.6) is 0 Å². The van der Waals surface area contributed by atoms with E-state index in [1.807, 2.05) is 77.9 Å². The topological polar surface area (TPSA) is 0 Å². The van der Waals surface area contributed by atoms with E-state index in [0.29, 0.717) is 75.2 Å². The Morgan fingerprint density at radius 3 is 0.889 bits per heavy atom. The maximum absolute atomic E-state index is 8.52. The van der Waals surface area contributed by atoms with E-state index < -0.39 is 24.0 Å². The Balaban J connectivity index is 0.000000238. The highest BCUT2D eigenvalue weighted by molar-refractivity contribution is 5.80. The number of aryl methyl sites for hydroxylation is 1. The van der Waals surface area contributed by atoms with Crippen LogP contribution in [0.2, 0.25) is 0 Å². The molecule has 0 radical (unpaired) electrons. The van der Waals surface area contributed by atoms with Crippen LogP contribution in [-0.2, 0) is 5.41 Å². The summed E-state index contributed by atoms with van der Waals surface area (Å²) in [7, 11) is 0. The van der Waals surface area contributed by atoms with E-state index in [1.165, 1.54) is 77.9 Å². The summed E-state index contributed by atoms with van der Waals surface area (Å²) in [6.45, 7) is 58.1. The van der Waals surface area contributed by atoms with Crippen molar-refractivity contribution in [1.29, 1.82) is 0 Å². The molecule has 0 N–H and O–H groups in total. The molecule has 13 aromatic rings. The summed E-state index contributed by atoms with van der Waals surface area (Å²) >= 11 is 0. The van der Waals surface area contributed by atoms with Crippen LogP contribution >= 0.6 is 0 Å². The van der Waals surface area contributed by atoms with Gasteiger partial charge in [0.2, 0.25) is 0 Å². The van der Waals surface area contributed by atoms with Crippen molar-refractivity contribution in [2.75, 3.05) is 0 Å². The van der Waals surface area contributed by atoms with Crippen molar-refractivity contribution in [3.8, 4) is 55.6 Å². The minimum atomic E-state index is -0.485. The van der Waals surface area contributed by atoms with Gasteiger partial charge in [-0.2, -0.15) is 0 Å². The fourth-order valence-corrected chi connectivity index (χ4v) is 14.6. The predicted molar refractivity (Wildman–Crippen MR) is 522 cm³/mol. The highest BCUT2D eigenvalue weighted by Gasteiger charge is 2.20. The van der Waals surface area contributed by atoms with Gasteiger partial charge in [-0.15, -0.1) is 0 Å². The lowest BCUT2D eigenvalue weighted by molar-refractivity contribution is 0.577. The summed E-state index contributed by atoms with van der Waals surface area (Å²) < 4.78 is 121. The number of rotatable bonds is 16. The van der Waals surface area contributed by atoms with Crippen LogP contribution in [0.3, 0.4) is 0 Å². The standard InChI is InChI=1S/C22H22.C18H22.2C15H16.C13H20.2C12H18.C10H14/c1-16(2)22-20(18-10-5-4-6-11-18)13-8-14-21(22)19-12-7-9-17(3)15-19;1-13(2)16-11-8-12-17(18(16)14(3)4)15-9-6-5-7-10-15;2*1-12(2)14-10-6-7-11-15(14)13-8-4-3-5-9-13;1-10(2)11-8-6-7-9-12(11)13(3,4)5;2*1-9(2)11-7-5-6-8-12(11)10(3)4;1-8(2)10-7-5-4-6-9(10)3/h4-16H,1-3H3;5-14H,1-4H3;2*3-12H,1-2H3;6-10H,1-5H3;2*5-10H,1-4H3;4-8H,1-3H3/i4D,5D,6D,7D,9D,10D,11D,12D,15D;;3D,4D,5D,8D,9D;;;9D;;. The molecule has 13 rings (SSSR count). The zero-order valence-corrected chi connectivity index (χ0v) is 75.9. The van der Waals surface area contributed by atoms with Crippen LogP contribution in [-0.4, -0.2) is 0 Å². The fourth-order valence-electron chi connectivity index (χ4n) is 14.6. The van der Waals surface area contributed by atoms with Gasteiger partial charge in [0.05, 0.1) is 19.2 Å². The van der Waals surface area contributed by atoms with Gasteiger partial charge in [-0.1, -0.05) is 506 Å². The Morgan fingerprint density at radius 1 is 0.222 bits per heavy atom. The van der Waals surface area contributed by atoms with E-state index in [4.69, 9.17) is 20.6 Å². The molecule has 0 saturated heterocycles. The lowest BCUT2D eigenvalue weighted by Gasteiger charge is -2.24. The summed E-state index contributed by atoms with van der Waals surface area (Å²) in [4.78, 5) is 0. The zero-order chi connectivity index (χ0) is 99.0. The first-order valence-corrected chi connectivity index (χ1v) is 42.5. The molecule has 117 heavy (non-hydrogen) atoms. The Morgan fingerprint density at radius 2 is 0.513 bits per heavy atom. The molecule has 0 fully saturated rings. The average Bonchev–Trinajstić information content (AvgIpc) is 0.738. The third kappa shape index (κ3) is 29.8. The van der Waals surface area contributed by atoms with Crippen LogP contribution < -0.4 is 0 Å². The van der Waals surface area contributed by atoms with Gasteiger partial charge in [-0.05, 0) is 212 Å². The van der Waals surface area contributed by atoms with Crippen LogP contribution in [0.25, 0.3) is 55.6 Å². The minimum absolute atomic E-state index is 0.0221. The predicted octanol–water partition coefficient (Wildman–Crippen LogP) is 36.1. The molecule has 0 spiro atoms. The van der Waals surface area contributed by atoms with Crippen molar-refractivity contribution >= 4 is 0 Å². The number of hydrogen-bond acceptors (Lipinski definition) is 0. The van der Waals surface area contributed by atoms with Gasteiger partial charge in [0, 0.05) is 1.37 Å². The monoisotopic (exact) mass is 1570 g/mol. The molecule has 0 aliphatic heterocycles. The molecular formula is C117H146. The third-order valence-corrected chi connectivity index (χ3v) is 20.5. The van der Waals surface area contributed by atoms with Crippen molar-refractivity contribution in [2.45, 2.75) is 257 Å². The van der Waals surface area contributed by atoms with Crippen molar-refractivity contribution in [1.82, 2.24) is 0 Å². The second-order valence-electron chi connectivity index (χ2n) is 34.4. The molecule has 0 aliphatic rings. The van der Waals surface area contributed by atoms with Gasteiger partial charge in [-0.3, -0.25) is 0 Å². The SMILES string of the molecule is CC(C)c1cccc(-c2ccccc2)c1C(C)C.CC(C)c1ccccc1-c1ccccc1.CC(C)c1ccccc1C(C)(C)C.CC(C)c1ccccc1C(C)C.Cc1ccccc1C(C)C.[2H]C(C)(C)c1ccccc1C(C)C.[2H]c1c([2H])c([2H])c(-c2cccc(-c3c([2H])c([2H])c([2H])c(C)c3[2H])c2C(C)C)c([2H])c1[2H].[2H]c1c([2H])c([2H])c(-c2ccccc2C(C)C)c([2H])c1[2H]. The molecule has 0 atom stereocenters. The average molecular weight is 1570 g/mol. The highest BCUT2D eigenvalue weighted by Crippen LogP contribution is 2.40. The van der Waals surface area contributed by atoms with Crippen LogP contribution in [0.1, 0.15) is 337 Å². The molecule has 0 nitrogen and oxygen atoms in total. The van der Waals surface area contributed by atoms with Gasteiger partial charge in [0.15, 0.2) is 0 Å². The first kappa shape index (κ1) is 74.4.